The Labute approximate surface area is 116 Å². The van der Waals surface area contributed by atoms with Crippen LogP contribution in [0.3, 0.4) is 0 Å². The van der Waals surface area contributed by atoms with Gasteiger partial charge in [-0.2, -0.15) is 0 Å². The summed E-state index contributed by atoms with van der Waals surface area (Å²) in [5.41, 5.74) is 0.861. The Bertz CT molecular complexity index is 482. The van der Waals surface area contributed by atoms with E-state index in [4.69, 9.17) is 14.6 Å². The van der Waals surface area contributed by atoms with E-state index in [1.54, 1.807) is 18.2 Å². The molecule has 1 aromatic carbocycles. The number of amides is 1. The molecule has 0 bridgehead atoms. The Balaban J connectivity index is 1.84. The molecule has 1 aliphatic rings. The van der Waals surface area contributed by atoms with Crippen LogP contribution in [0.4, 0.5) is 0 Å². The predicted octanol–water partition coefficient (Wildman–Crippen LogP) is 0.803. The molecule has 1 heterocycles. The molecular formula is C14H17NO5. The molecule has 0 radical (unpaired) electrons. The average molecular weight is 279 g/mol. The summed E-state index contributed by atoms with van der Waals surface area (Å²) in [5, 5.41) is 11.4. The number of aliphatic carboxylic acids is 1. The summed E-state index contributed by atoms with van der Waals surface area (Å²) in [6.45, 7) is 1.12. The van der Waals surface area contributed by atoms with Crippen LogP contribution in [0.2, 0.25) is 0 Å². The van der Waals surface area contributed by atoms with Gasteiger partial charge in [-0.25, -0.2) is 4.79 Å². The molecule has 0 saturated carbocycles. The second-order valence-corrected chi connectivity index (χ2v) is 4.61. The number of hydrogen-bond acceptors (Lipinski definition) is 4. The maximum absolute atomic E-state index is 11.8. The number of carbonyl (C=O) groups excluding carboxylic acids is 1. The smallest absolute Gasteiger partial charge is 0.341 e. The Morgan fingerprint density at radius 2 is 2.30 bits per heavy atom. The molecule has 1 aromatic rings. The van der Waals surface area contributed by atoms with Gasteiger partial charge in [-0.05, 0) is 24.1 Å². The van der Waals surface area contributed by atoms with Gasteiger partial charge in [0.25, 0.3) is 0 Å². The Morgan fingerprint density at radius 1 is 1.45 bits per heavy atom. The van der Waals surface area contributed by atoms with Gasteiger partial charge in [-0.1, -0.05) is 12.1 Å². The summed E-state index contributed by atoms with van der Waals surface area (Å²) < 4.78 is 10.2. The van der Waals surface area contributed by atoms with Crippen molar-refractivity contribution in [3.05, 3.63) is 29.8 Å². The van der Waals surface area contributed by atoms with E-state index in [0.29, 0.717) is 25.5 Å². The van der Waals surface area contributed by atoms with Gasteiger partial charge in [-0.3, -0.25) is 4.79 Å². The van der Waals surface area contributed by atoms with E-state index in [0.717, 1.165) is 12.0 Å². The van der Waals surface area contributed by atoms with Gasteiger partial charge in [0.05, 0.1) is 12.5 Å². The van der Waals surface area contributed by atoms with Gasteiger partial charge < -0.3 is 19.9 Å². The zero-order chi connectivity index (χ0) is 14.4. The number of ether oxygens (including phenoxy) is 2. The molecule has 0 spiro atoms. The fraction of sp³-hybridized carbons (Fsp3) is 0.429. The van der Waals surface area contributed by atoms with Crippen LogP contribution in [-0.2, 0) is 20.9 Å². The zero-order valence-corrected chi connectivity index (χ0v) is 11.0. The third-order valence-corrected chi connectivity index (χ3v) is 3.03. The molecule has 0 aromatic heterocycles. The number of carboxylic acid groups (broad SMARTS) is 1. The number of hydrogen-bond donors (Lipinski definition) is 2. The molecule has 1 amide bonds. The number of rotatable bonds is 6. The minimum atomic E-state index is -1.02. The average Bonchev–Trinajstić information content (AvgIpc) is 2.97. The second-order valence-electron chi connectivity index (χ2n) is 4.61. The number of carboxylic acids is 1. The Kier molecular flexibility index (Phi) is 4.95. The van der Waals surface area contributed by atoms with E-state index in [1.807, 2.05) is 6.07 Å². The number of nitrogens with one attached hydrogen (secondary N) is 1. The summed E-state index contributed by atoms with van der Waals surface area (Å²) in [7, 11) is 0. The minimum absolute atomic E-state index is 0.0145. The summed E-state index contributed by atoms with van der Waals surface area (Å²) in [6.07, 6.45) is 0.758. The van der Waals surface area contributed by atoms with Crippen molar-refractivity contribution < 1.29 is 24.2 Å². The van der Waals surface area contributed by atoms with Gasteiger partial charge >= 0.3 is 5.97 Å². The molecule has 0 unspecified atom stereocenters. The highest BCUT2D eigenvalue weighted by Crippen LogP contribution is 2.15. The van der Waals surface area contributed by atoms with Gasteiger partial charge in [0.1, 0.15) is 5.75 Å². The van der Waals surface area contributed by atoms with Crippen molar-refractivity contribution in [2.24, 2.45) is 5.92 Å². The number of carbonyl (C=O) groups is 2. The van der Waals surface area contributed by atoms with Crippen LogP contribution >= 0.6 is 0 Å². The molecule has 0 aliphatic carbocycles. The van der Waals surface area contributed by atoms with Crippen molar-refractivity contribution >= 4 is 11.9 Å². The minimum Gasteiger partial charge on any atom is -0.482 e. The fourth-order valence-electron chi connectivity index (χ4n) is 1.97. The lowest BCUT2D eigenvalue weighted by molar-refractivity contribution is -0.139. The van der Waals surface area contributed by atoms with E-state index >= 15 is 0 Å². The van der Waals surface area contributed by atoms with Crippen LogP contribution in [0.25, 0.3) is 0 Å². The molecule has 2 rings (SSSR count). The lowest BCUT2D eigenvalue weighted by atomic mass is 10.1. The zero-order valence-electron chi connectivity index (χ0n) is 11.0. The van der Waals surface area contributed by atoms with Crippen LogP contribution in [-0.4, -0.2) is 36.8 Å². The van der Waals surface area contributed by atoms with Crippen LogP contribution in [0.5, 0.6) is 5.75 Å². The van der Waals surface area contributed by atoms with Crippen molar-refractivity contribution in [2.75, 3.05) is 19.8 Å². The lowest BCUT2D eigenvalue weighted by Crippen LogP contribution is -2.30. The fourth-order valence-corrected chi connectivity index (χ4v) is 1.97. The molecule has 2 N–H and O–H groups in total. The molecule has 108 valence electrons. The topological polar surface area (TPSA) is 84.9 Å². The quantitative estimate of drug-likeness (QED) is 0.804. The van der Waals surface area contributed by atoms with Crippen molar-refractivity contribution in [1.82, 2.24) is 5.32 Å². The lowest BCUT2D eigenvalue weighted by Gasteiger charge is -2.10. The maximum atomic E-state index is 11.8. The predicted molar refractivity (Wildman–Crippen MR) is 70.3 cm³/mol. The summed E-state index contributed by atoms with van der Waals surface area (Å²) in [4.78, 5) is 22.2. The monoisotopic (exact) mass is 279 g/mol. The Hall–Kier alpha value is -2.08. The van der Waals surface area contributed by atoms with Crippen molar-refractivity contribution in [3.63, 3.8) is 0 Å². The first-order valence-corrected chi connectivity index (χ1v) is 6.44. The molecular weight excluding hydrogens is 262 g/mol. The van der Waals surface area contributed by atoms with Crippen molar-refractivity contribution in [1.29, 1.82) is 0 Å². The highest BCUT2D eigenvalue weighted by atomic mass is 16.5. The first-order chi connectivity index (χ1) is 9.65. The molecule has 1 atom stereocenters. The highest BCUT2D eigenvalue weighted by Gasteiger charge is 2.22. The van der Waals surface area contributed by atoms with E-state index in [9.17, 15) is 9.59 Å². The highest BCUT2D eigenvalue weighted by molar-refractivity contribution is 5.79. The maximum Gasteiger partial charge on any atom is 0.341 e. The molecule has 6 heteroatoms. The standard InChI is InChI=1S/C14H17NO5/c16-13(17)9-20-12-3-1-2-10(6-12)7-15-14(18)11-4-5-19-8-11/h1-3,6,11H,4-5,7-9H2,(H,15,18)(H,16,17)/t11-/m0/s1. The molecule has 20 heavy (non-hydrogen) atoms. The normalized spacial score (nSPS) is 17.7. The van der Waals surface area contributed by atoms with Crippen molar-refractivity contribution in [3.8, 4) is 5.75 Å². The molecule has 6 nitrogen and oxygen atoms in total. The first kappa shape index (κ1) is 14.3. The van der Waals surface area contributed by atoms with Crippen LogP contribution in [0.1, 0.15) is 12.0 Å². The van der Waals surface area contributed by atoms with Gasteiger partial charge in [0, 0.05) is 13.2 Å². The van der Waals surface area contributed by atoms with Gasteiger partial charge in [0.2, 0.25) is 5.91 Å². The van der Waals surface area contributed by atoms with Gasteiger partial charge in [0.15, 0.2) is 6.61 Å². The first-order valence-electron chi connectivity index (χ1n) is 6.44. The second kappa shape index (κ2) is 6.91. The van der Waals surface area contributed by atoms with Crippen molar-refractivity contribution in [2.45, 2.75) is 13.0 Å². The largest absolute Gasteiger partial charge is 0.482 e. The van der Waals surface area contributed by atoms with E-state index in [2.05, 4.69) is 5.32 Å². The third-order valence-electron chi connectivity index (χ3n) is 3.03. The van der Waals surface area contributed by atoms with Crippen LogP contribution in [0.15, 0.2) is 24.3 Å². The summed E-state index contributed by atoms with van der Waals surface area (Å²) in [6, 6.07) is 7.00. The van der Waals surface area contributed by atoms with E-state index in [1.165, 1.54) is 0 Å². The Morgan fingerprint density at radius 3 is 3.00 bits per heavy atom. The summed E-state index contributed by atoms with van der Waals surface area (Å²) in [5.74, 6) is -0.630. The van der Waals surface area contributed by atoms with Gasteiger partial charge in [-0.15, -0.1) is 0 Å². The van der Waals surface area contributed by atoms with E-state index < -0.39 is 5.97 Å². The van der Waals surface area contributed by atoms with E-state index in [-0.39, 0.29) is 18.4 Å². The third kappa shape index (κ3) is 4.24. The number of benzene rings is 1. The molecule has 1 fully saturated rings. The van der Waals surface area contributed by atoms with Crippen LogP contribution in [0, 0.1) is 5.92 Å². The molecule has 1 saturated heterocycles. The molecule has 1 aliphatic heterocycles. The van der Waals surface area contributed by atoms with Crippen LogP contribution < -0.4 is 10.1 Å². The summed E-state index contributed by atoms with van der Waals surface area (Å²) >= 11 is 0. The SMILES string of the molecule is O=C(O)COc1cccc(CNC(=O)[C@H]2CCOC2)c1.